The number of nitrogens with zero attached hydrogens (tertiary/aromatic N) is 2. The summed E-state index contributed by atoms with van der Waals surface area (Å²) in [6, 6.07) is 0. The van der Waals surface area contributed by atoms with Crippen LogP contribution >= 0.6 is 24.8 Å². The van der Waals surface area contributed by atoms with Crippen LogP contribution in [0.5, 0.6) is 0 Å². The summed E-state index contributed by atoms with van der Waals surface area (Å²) in [4.78, 5) is 10.5. The van der Waals surface area contributed by atoms with Crippen LogP contribution in [0.2, 0.25) is 0 Å². The molecule has 1 fully saturated rings. The molecule has 2 N–H and O–H groups in total. The van der Waals surface area contributed by atoms with E-state index in [4.69, 9.17) is 0 Å². The van der Waals surface area contributed by atoms with Gasteiger partial charge in [-0.15, -0.1) is 24.8 Å². The third kappa shape index (κ3) is 2.27. The number of nitrogens with one attached hydrogen (secondary N) is 2. The van der Waals surface area contributed by atoms with Crippen LogP contribution < -0.4 is 5.32 Å². The summed E-state index contributed by atoms with van der Waals surface area (Å²) in [6.45, 7) is 6.80. The van der Waals surface area contributed by atoms with E-state index in [1.807, 2.05) is 6.33 Å². The Bertz CT molecular complexity index is 374. The second-order valence-electron chi connectivity index (χ2n) is 4.84. The molecule has 0 saturated carbocycles. The smallest absolute Gasteiger partial charge is 0.0926 e. The van der Waals surface area contributed by atoms with Crippen molar-refractivity contribution >= 4 is 24.8 Å². The number of aromatic amines is 1. The molecular weight excluding hydrogens is 271 g/mol. The molecule has 3 heterocycles. The molecule has 0 amide bonds. The first-order valence-electron chi connectivity index (χ1n) is 6.35. The van der Waals surface area contributed by atoms with Gasteiger partial charge >= 0.3 is 0 Å². The van der Waals surface area contributed by atoms with Crippen molar-refractivity contribution in [1.29, 1.82) is 0 Å². The summed E-state index contributed by atoms with van der Waals surface area (Å²) in [5.74, 6) is 0. The molecule has 2 aliphatic heterocycles. The Morgan fingerprint density at radius 1 is 1.33 bits per heavy atom. The maximum absolute atomic E-state index is 4.61. The van der Waals surface area contributed by atoms with Crippen LogP contribution in [0.4, 0.5) is 0 Å². The van der Waals surface area contributed by atoms with Crippen LogP contribution in [-0.2, 0) is 12.0 Å². The fourth-order valence-electron chi connectivity index (χ4n) is 3.38. The lowest BCUT2D eigenvalue weighted by molar-refractivity contribution is 0.0439. The molecule has 2 aliphatic rings. The molecule has 3 rings (SSSR count). The van der Waals surface area contributed by atoms with Gasteiger partial charge < -0.3 is 10.3 Å². The lowest BCUT2D eigenvalue weighted by Gasteiger charge is -2.48. The van der Waals surface area contributed by atoms with Gasteiger partial charge in [-0.3, -0.25) is 4.90 Å². The Labute approximate surface area is 121 Å². The van der Waals surface area contributed by atoms with Gasteiger partial charge in [-0.2, -0.15) is 0 Å². The van der Waals surface area contributed by atoms with E-state index < -0.39 is 0 Å². The van der Waals surface area contributed by atoms with Crippen LogP contribution in [0.3, 0.4) is 0 Å². The molecule has 104 valence electrons. The SMILES string of the molecule is CCN1CCc2[nH]cnc2C12CCNCC2.Cl.Cl. The zero-order valence-electron chi connectivity index (χ0n) is 10.7. The van der Waals surface area contributed by atoms with Gasteiger partial charge in [-0.05, 0) is 32.5 Å². The highest BCUT2D eigenvalue weighted by Crippen LogP contribution is 2.40. The molecule has 6 heteroatoms. The second-order valence-corrected chi connectivity index (χ2v) is 4.84. The fourth-order valence-corrected chi connectivity index (χ4v) is 3.38. The van der Waals surface area contributed by atoms with E-state index in [2.05, 4.69) is 27.1 Å². The van der Waals surface area contributed by atoms with Crippen LogP contribution in [0.15, 0.2) is 6.33 Å². The van der Waals surface area contributed by atoms with Gasteiger partial charge in [0.1, 0.15) is 0 Å². The number of fused-ring (bicyclic) bond motifs is 2. The third-order valence-electron chi connectivity index (χ3n) is 4.21. The van der Waals surface area contributed by atoms with Crippen LogP contribution in [0.25, 0.3) is 0 Å². The highest BCUT2D eigenvalue weighted by Gasteiger charge is 2.44. The third-order valence-corrected chi connectivity index (χ3v) is 4.21. The summed E-state index contributed by atoms with van der Waals surface area (Å²) in [5.41, 5.74) is 2.90. The van der Waals surface area contributed by atoms with Gasteiger partial charge in [-0.25, -0.2) is 4.98 Å². The van der Waals surface area contributed by atoms with E-state index in [0.29, 0.717) is 0 Å². The lowest BCUT2D eigenvalue weighted by atomic mass is 9.79. The molecule has 0 radical (unpaired) electrons. The molecule has 0 aromatic carbocycles. The van der Waals surface area contributed by atoms with Crippen LogP contribution in [0.1, 0.15) is 31.2 Å². The number of H-pyrrole nitrogens is 1. The van der Waals surface area contributed by atoms with Crippen molar-refractivity contribution in [1.82, 2.24) is 20.2 Å². The van der Waals surface area contributed by atoms with Crippen molar-refractivity contribution < 1.29 is 0 Å². The molecule has 1 saturated heterocycles. The van der Waals surface area contributed by atoms with Crippen molar-refractivity contribution in [3.63, 3.8) is 0 Å². The Morgan fingerprint density at radius 3 is 2.72 bits per heavy atom. The Morgan fingerprint density at radius 2 is 2.06 bits per heavy atom. The minimum Gasteiger partial charge on any atom is -0.348 e. The molecule has 1 aromatic rings. The number of hydrogen-bond acceptors (Lipinski definition) is 3. The topological polar surface area (TPSA) is 44.0 Å². The monoisotopic (exact) mass is 292 g/mol. The maximum Gasteiger partial charge on any atom is 0.0926 e. The lowest BCUT2D eigenvalue weighted by Crippen LogP contribution is -2.55. The first-order valence-corrected chi connectivity index (χ1v) is 6.35. The van der Waals surface area contributed by atoms with E-state index in [9.17, 15) is 0 Å². The fraction of sp³-hybridized carbons (Fsp3) is 0.750. The van der Waals surface area contributed by atoms with Crippen molar-refractivity contribution in [2.45, 2.75) is 31.7 Å². The van der Waals surface area contributed by atoms with E-state index in [1.165, 1.54) is 30.8 Å². The molecule has 4 nitrogen and oxygen atoms in total. The molecule has 0 unspecified atom stereocenters. The number of likely N-dealkylation sites (N-methyl/N-ethyl adjacent to an activating group) is 1. The molecule has 0 bridgehead atoms. The van der Waals surface area contributed by atoms with Crippen molar-refractivity contribution in [2.75, 3.05) is 26.2 Å². The highest BCUT2D eigenvalue weighted by molar-refractivity contribution is 5.85. The largest absolute Gasteiger partial charge is 0.348 e. The highest BCUT2D eigenvalue weighted by atomic mass is 35.5. The summed E-state index contributed by atoms with van der Waals surface area (Å²) in [5, 5.41) is 3.46. The van der Waals surface area contributed by atoms with Gasteiger partial charge in [0, 0.05) is 18.7 Å². The van der Waals surface area contributed by atoms with Crippen molar-refractivity contribution in [2.24, 2.45) is 0 Å². The van der Waals surface area contributed by atoms with Gasteiger partial charge in [0.25, 0.3) is 0 Å². The Balaban J connectivity index is 0.000000810. The quantitative estimate of drug-likeness (QED) is 0.828. The van der Waals surface area contributed by atoms with Crippen LogP contribution in [0, 0.1) is 0 Å². The number of imidazole rings is 1. The minimum absolute atomic E-state index is 0. The van der Waals surface area contributed by atoms with Crippen molar-refractivity contribution in [3.05, 3.63) is 17.7 Å². The molecule has 1 spiro atoms. The maximum atomic E-state index is 4.61. The average Bonchev–Trinajstić information content (AvgIpc) is 2.80. The summed E-state index contributed by atoms with van der Waals surface area (Å²) >= 11 is 0. The molecule has 18 heavy (non-hydrogen) atoms. The molecule has 0 atom stereocenters. The molecular formula is C12H22Cl2N4. The van der Waals surface area contributed by atoms with E-state index in [1.54, 1.807) is 0 Å². The second kappa shape index (κ2) is 6.24. The number of halogens is 2. The molecule has 1 aromatic heterocycles. The average molecular weight is 293 g/mol. The Hall–Kier alpha value is -0.290. The number of hydrogen-bond donors (Lipinski definition) is 2. The van der Waals surface area contributed by atoms with Gasteiger partial charge in [0.05, 0.1) is 17.6 Å². The predicted octanol–water partition coefficient (Wildman–Crippen LogP) is 1.71. The standard InChI is InChI=1S/C12H20N4.2ClH/c1-2-16-8-3-10-11(15-9-14-10)12(16)4-6-13-7-5-12;;/h9,13H,2-8H2,1H3,(H,14,15);2*1H. The zero-order valence-corrected chi connectivity index (χ0v) is 12.4. The van der Waals surface area contributed by atoms with Crippen LogP contribution in [-0.4, -0.2) is 41.0 Å². The van der Waals surface area contributed by atoms with Gasteiger partial charge in [0.2, 0.25) is 0 Å². The zero-order chi connectivity index (χ0) is 11.0. The van der Waals surface area contributed by atoms with E-state index in [0.717, 1.165) is 26.1 Å². The first kappa shape index (κ1) is 15.8. The predicted molar refractivity (Wildman–Crippen MR) is 77.8 cm³/mol. The Kier molecular flexibility index (Phi) is 5.46. The summed E-state index contributed by atoms with van der Waals surface area (Å²) < 4.78 is 0. The van der Waals surface area contributed by atoms with E-state index in [-0.39, 0.29) is 30.4 Å². The van der Waals surface area contributed by atoms with E-state index >= 15 is 0 Å². The number of piperidine rings is 1. The van der Waals surface area contributed by atoms with Gasteiger partial charge in [-0.1, -0.05) is 6.92 Å². The first-order chi connectivity index (χ1) is 7.87. The van der Waals surface area contributed by atoms with Gasteiger partial charge in [0.15, 0.2) is 0 Å². The molecule has 0 aliphatic carbocycles. The minimum atomic E-state index is 0. The summed E-state index contributed by atoms with van der Waals surface area (Å²) in [7, 11) is 0. The summed E-state index contributed by atoms with van der Waals surface area (Å²) in [6.07, 6.45) is 5.38. The normalized spacial score (nSPS) is 21.8. The van der Waals surface area contributed by atoms with Crippen molar-refractivity contribution in [3.8, 4) is 0 Å². The number of rotatable bonds is 1. The number of aromatic nitrogens is 2.